The summed E-state index contributed by atoms with van der Waals surface area (Å²) in [6, 6.07) is 2.30. The first kappa shape index (κ1) is 14.4. The van der Waals surface area contributed by atoms with Crippen molar-refractivity contribution < 1.29 is 8.78 Å². The Morgan fingerprint density at radius 3 is 2.41 bits per heavy atom. The van der Waals surface area contributed by atoms with Crippen molar-refractivity contribution in [1.29, 1.82) is 0 Å². The van der Waals surface area contributed by atoms with Crippen LogP contribution in [0.15, 0.2) is 16.6 Å². The fourth-order valence-electron chi connectivity index (χ4n) is 1.55. The van der Waals surface area contributed by atoms with Crippen LogP contribution in [0.1, 0.15) is 13.8 Å². The van der Waals surface area contributed by atoms with E-state index in [1.54, 1.807) is 0 Å². The van der Waals surface area contributed by atoms with E-state index in [9.17, 15) is 8.78 Å². The number of hydrogen-bond donors (Lipinski definition) is 1. The van der Waals surface area contributed by atoms with Gasteiger partial charge in [0.25, 0.3) is 0 Å². The molecular formula is C12H17BrF2N2. The lowest BCUT2D eigenvalue weighted by Gasteiger charge is -2.18. The van der Waals surface area contributed by atoms with Crippen LogP contribution < -0.4 is 5.32 Å². The molecule has 1 N–H and O–H groups in total. The predicted octanol–water partition coefficient (Wildman–Crippen LogP) is 3.48. The van der Waals surface area contributed by atoms with Gasteiger partial charge in [-0.2, -0.15) is 0 Å². The molecule has 0 aromatic heterocycles. The summed E-state index contributed by atoms with van der Waals surface area (Å²) in [5, 5.41) is 2.97. The SMILES string of the molecule is CCN(CC)CCNc1cc(Br)c(F)cc1F. The number of likely N-dealkylation sites (N-methyl/N-ethyl adjacent to an activating group) is 1. The fourth-order valence-corrected chi connectivity index (χ4v) is 1.89. The Labute approximate surface area is 109 Å². The van der Waals surface area contributed by atoms with Gasteiger partial charge in [-0.3, -0.25) is 0 Å². The minimum absolute atomic E-state index is 0.268. The summed E-state index contributed by atoms with van der Waals surface area (Å²) < 4.78 is 26.6. The molecule has 0 radical (unpaired) electrons. The topological polar surface area (TPSA) is 15.3 Å². The maximum atomic E-state index is 13.4. The molecule has 0 unspecified atom stereocenters. The zero-order chi connectivity index (χ0) is 12.8. The molecule has 0 bridgehead atoms. The lowest BCUT2D eigenvalue weighted by molar-refractivity contribution is 0.316. The van der Waals surface area contributed by atoms with E-state index >= 15 is 0 Å². The van der Waals surface area contributed by atoms with Gasteiger partial charge >= 0.3 is 0 Å². The average molecular weight is 307 g/mol. The average Bonchev–Trinajstić information content (AvgIpc) is 2.31. The first-order valence-electron chi connectivity index (χ1n) is 5.69. The Kier molecular flexibility index (Phi) is 5.85. The fraction of sp³-hybridized carbons (Fsp3) is 0.500. The third-order valence-electron chi connectivity index (χ3n) is 2.65. The summed E-state index contributed by atoms with van der Waals surface area (Å²) in [6.45, 7) is 7.57. The Morgan fingerprint density at radius 2 is 1.82 bits per heavy atom. The van der Waals surface area contributed by atoms with E-state index in [0.29, 0.717) is 12.2 Å². The molecule has 0 aliphatic rings. The van der Waals surface area contributed by atoms with E-state index in [0.717, 1.165) is 25.7 Å². The van der Waals surface area contributed by atoms with Gasteiger partial charge in [-0.05, 0) is 35.1 Å². The van der Waals surface area contributed by atoms with Gasteiger partial charge in [0.05, 0.1) is 10.2 Å². The van der Waals surface area contributed by atoms with Gasteiger partial charge in [-0.1, -0.05) is 13.8 Å². The van der Waals surface area contributed by atoms with Crippen LogP contribution in [-0.4, -0.2) is 31.1 Å². The van der Waals surface area contributed by atoms with Crippen LogP contribution in [0.4, 0.5) is 14.5 Å². The molecule has 5 heteroatoms. The van der Waals surface area contributed by atoms with Gasteiger partial charge in [0, 0.05) is 19.2 Å². The summed E-state index contributed by atoms with van der Waals surface area (Å²) in [6.07, 6.45) is 0. The number of nitrogens with zero attached hydrogens (tertiary/aromatic N) is 1. The van der Waals surface area contributed by atoms with Crippen molar-refractivity contribution in [3.05, 3.63) is 28.2 Å². The minimum Gasteiger partial charge on any atom is -0.381 e. The first-order valence-corrected chi connectivity index (χ1v) is 6.48. The van der Waals surface area contributed by atoms with E-state index in [4.69, 9.17) is 0 Å². The van der Waals surface area contributed by atoms with Gasteiger partial charge < -0.3 is 10.2 Å². The summed E-state index contributed by atoms with van der Waals surface area (Å²) in [4.78, 5) is 2.23. The molecule has 1 aromatic carbocycles. The van der Waals surface area contributed by atoms with Crippen LogP contribution in [-0.2, 0) is 0 Å². The molecular weight excluding hydrogens is 290 g/mol. The Bertz CT molecular complexity index is 368. The van der Waals surface area contributed by atoms with Gasteiger partial charge in [0.1, 0.15) is 11.6 Å². The number of nitrogens with one attached hydrogen (secondary N) is 1. The molecule has 0 saturated carbocycles. The van der Waals surface area contributed by atoms with Gasteiger partial charge in [-0.15, -0.1) is 0 Å². The van der Waals surface area contributed by atoms with Crippen LogP contribution >= 0.6 is 15.9 Å². The van der Waals surface area contributed by atoms with E-state index in [1.165, 1.54) is 6.07 Å². The van der Waals surface area contributed by atoms with Crippen molar-refractivity contribution in [1.82, 2.24) is 4.90 Å². The number of halogens is 3. The van der Waals surface area contributed by atoms with Crippen LogP contribution in [0.2, 0.25) is 0 Å². The second kappa shape index (κ2) is 6.91. The van der Waals surface area contributed by atoms with Crippen molar-refractivity contribution in [3.8, 4) is 0 Å². The van der Waals surface area contributed by atoms with Crippen LogP contribution in [0.25, 0.3) is 0 Å². The number of benzene rings is 1. The van der Waals surface area contributed by atoms with E-state index in [-0.39, 0.29) is 4.47 Å². The smallest absolute Gasteiger partial charge is 0.149 e. The van der Waals surface area contributed by atoms with Gasteiger partial charge in [0.2, 0.25) is 0 Å². The molecule has 1 rings (SSSR count). The highest BCUT2D eigenvalue weighted by atomic mass is 79.9. The zero-order valence-corrected chi connectivity index (χ0v) is 11.7. The maximum Gasteiger partial charge on any atom is 0.149 e. The molecule has 17 heavy (non-hydrogen) atoms. The summed E-state index contributed by atoms with van der Waals surface area (Å²) in [5.74, 6) is -1.15. The maximum absolute atomic E-state index is 13.4. The second-order valence-electron chi connectivity index (χ2n) is 3.70. The van der Waals surface area contributed by atoms with E-state index in [2.05, 4.69) is 40.0 Å². The molecule has 1 aromatic rings. The predicted molar refractivity (Wildman–Crippen MR) is 70.3 cm³/mol. The number of hydrogen-bond acceptors (Lipinski definition) is 2. The highest BCUT2D eigenvalue weighted by molar-refractivity contribution is 9.10. The zero-order valence-electron chi connectivity index (χ0n) is 10.1. The molecule has 2 nitrogen and oxygen atoms in total. The van der Waals surface area contributed by atoms with Gasteiger partial charge in [-0.25, -0.2) is 8.78 Å². The summed E-state index contributed by atoms with van der Waals surface area (Å²) >= 11 is 3.04. The monoisotopic (exact) mass is 306 g/mol. The van der Waals surface area contributed by atoms with Gasteiger partial charge in [0.15, 0.2) is 0 Å². The second-order valence-corrected chi connectivity index (χ2v) is 4.55. The molecule has 0 aliphatic carbocycles. The molecule has 96 valence electrons. The quantitative estimate of drug-likeness (QED) is 0.810. The molecule has 0 amide bonds. The number of anilines is 1. The Hall–Kier alpha value is -0.680. The lowest BCUT2D eigenvalue weighted by Crippen LogP contribution is -2.28. The van der Waals surface area contributed by atoms with E-state index < -0.39 is 11.6 Å². The van der Waals surface area contributed by atoms with Crippen molar-refractivity contribution in [2.75, 3.05) is 31.5 Å². The lowest BCUT2D eigenvalue weighted by atomic mass is 10.3. The number of rotatable bonds is 6. The standard InChI is InChI=1S/C12H17BrF2N2/c1-3-17(4-2)6-5-16-12-7-9(13)10(14)8-11(12)15/h7-8,16H,3-6H2,1-2H3. The van der Waals surface area contributed by atoms with Crippen LogP contribution in [0.5, 0.6) is 0 Å². The summed E-state index contributed by atoms with van der Waals surface area (Å²) in [7, 11) is 0. The van der Waals surface area contributed by atoms with Crippen LogP contribution in [0.3, 0.4) is 0 Å². The van der Waals surface area contributed by atoms with Crippen LogP contribution in [0, 0.1) is 11.6 Å². The molecule has 0 saturated heterocycles. The Morgan fingerprint density at radius 1 is 1.18 bits per heavy atom. The summed E-state index contributed by atoms with van der Waals surface area (Å²) in [5.41, 5.74) is 0.324. The molecule has 0 heterocycles. The minimum atomic E-state index is -0.586. The first-order chi connectivity index (χ1) is 8.08. The molecule has 0 aliphatic heterocycles. The van der Waals surface area contributed by atoms with Crippen molar-refractivity contribution >= 4 is 21.6 Å². The highest BCUT2D eigenvalue weighted by Gasteiger charge is 2.08. The molecule has 0 atom stereocenters. The third-order valence-corrected chi connectivity index (χ3v) is 3.26. The third kappa shape index (κ3) is 4.24. The Balaban J connectivity index is 2.55. The molecule has 0 fully saturated rings. The largest absolute Gasteiger partial charge is 0.381 e. The van der Waals surface area contributed by atoms with Crippen molar-refractivity contribution in [2.24, 2.45) is 0 Å². The van der Waals surface area contributed by atoms with Crippen molar-refractivity contribution in [3.63, 3.8) is 0 Å². The molecule has 0 spiro atoms. The van der Waals surface area contributed by atoms with Crippen molar-refractivity contribution in [2.45, 2.75) is 13.8 Å². The normalized spacial score (nSPS) is 10.9. The highest BCUT2D eigenvalue weighted by Crippen LogP contribution is 2.23. The van der Waals surface area contributed by atoms with E-state index in [1.807, 2.05) is 0 Å².